The molecule has 2 rings (SSSR count). The van der Waals surface area contributed by atoms with Crippen LogP contribution in [0.2, 0.25) is 0 Å². The maximum atomic E-state index is 12.7. The van der Waals surface area contributed by atoms with Crippen LogP contribution in [-0.4, -0.2) is 22.8 Å². The summed E-state index contributed by atoms with van der Waals surface area (Å²) in [6.07, 6.45) is 0. The van der Waals surface area contributed by atoms with Crippen molar-refractivity contribution in [2.24, 2.45) is 5.92 Å². The molecule has 2 amide bonds. The highest BCUT2D eigenvalue weighted by Gasteiger charge is 2.25. The largest absolute Gasteiger partial charge is 0.350 e. The summed E-state index contributed by atoms with van der Waals surface area (Å²) in [6, 6.07) is 8.41. The number of aryl methyl sites for hydroxylation is 3. The molecule has 0 radical (unpaired) electrons. The number of carbonyl (C=O) groups excluding carboxylic acids is 2. The van der Waals surface area contributed by atoms with E-state index in [1.54, 1.807) is 12.1 Å². The molecule has 0 aliphatic rings. The molecule has 0 bridgehead atoms. The zero-order valence-electron chi connectivity index (χ0n) is 16.5. The smallest absolute Gasteiger partial charge is 0.253 e. The van der Waals surface area contributed by atoms with Crippen LogP contribution in [-0.2, 0) is 11.3 Å². The molecule has 0 fully saturated rings. The molecule has 3 N–H and O–H groups in total. The standard InChI is InChI=1S/C21H27N3O3/c1-12(2)18(24-19(25)16-9-7-6-8-13(16)3)21(27)22-11-17-14(4)10-15(5)23-20(17)26/h6-10,12,18H,11H2,1-5H3,(H,22,27)(H,23,26)(H,24,25)/t18-/m0/s1. The summed E-state index contributed by atoms with van der Waals surface area (Å²) in [7, 11) is 0. The molecule has 0 aliphatic heterocycles. The van der Waals surface area contributed by atoms with Crippen LogP contribution < -0.4 is 16.2 Å². The van der Waals surface area contributed by atoms with E-state index in [4.69, 9.17) is 0 Å². The van der Waals surface area contributed by atoms with Gasteiger partial charge in [-0.05, 0) is 49.9 Å². The monoisotopic (exact) mass is 369 g/mol. The van der Waals surface area contributed by atoms with E-state index >= 15 is 0 Å². The number of amides is 2. The first-order valence-corrected chi connectivity index (χ1v) is 9.04. The zero-order chi connectivity index (χ0) is 20.1. The number of aromatic nitrogens is 1. The van der Waals surface area contributed by atoms with Gasteiger partial charge in [0.15, 0.2) is 0 Å². The molecule has 0 spiro atoms. The Bertz CT molecular complexity index is 900. The molecular formula is C21H27N3O3. The molecular weight excluding hydrogens is 342 g/mol. The van der Waals surface area contributed by atoms with Crippen molar-refractivity contribution in [3.8, 4) is 0 Å². The Morgan fingerprint density at radius 3 is 2.33 bits per heavy atom. The quantitative estimate of drug-likeness (QED) is 0.730. The molecule has 0 saturated carbocycles. The van der Waals surface area contributed by atoms with E-state index in [-0.39, 0.29) is 29.8 Å². The van der Waals surface area contributed by atoms with Crippen molar-refractivity contribution < 1.29 is 9.59 Å². The van der Waals surface area contributed by atoms with Crippen LogP contribution in [0.15, 0.2) is 35.1 Å². The minimum absolute atomic E-state index is 0.102. The predicted octanol–water partition coefficient (Wildman–Crippen LogP) is 2.37. The highest BCUT2D eigenvalue weighted by molar-refractivity contribution is 5.98. The normalized spacial score (nSPS) is 11.9. The van der Waals surface area contributed by atoms with Gasteiger partial charge in [-0.1, -0.05) is 32.0 Å². The Morgan fingerprint density at radius 2 is 1.74 bits per heavy atom. The summed E-state index contributed by atoms with van der Waals surface area (Å²) in [5, 5.41) is 5.59. The molecule has 27 heavy (non-hydrogen) atoms. The van der Waals surface area contributed by atoms with Crippen molar-refractivity contribution in [2.45, 2.75) is 47.2 Å². The molecule has 6 heteroatoms. The first-order valence-electron chi connectivity index (χ1n) is 9.04. The number of rotatable bonds is 6. The Balaban J connectivity index is 2.11. The summed E-state index contributed by atoms with van der Waals surface area (Å²) < 4.78 is 0. The van der Waals surface area contributed by atoms with Crippen molar-refractivity contribution in [3.05, 3.63) is 68.6 Å². The van der Waals surface area contributed by atoms with E-state index in [0.717, 1.165) is 16.8 Å². The second kappa shape index (κ2) is 8.66. The lowest BCUT2D eigenvalue weighted by Gasteiger charge is -2.22. The highest BCUT2D eigenvalue weighted by atomic mass is 16.2. The number of benzene rings is 1. The zero-order valence-corrected chi connectivity index (χ0v) is 16.5. The average molecular weight is 369 g/mol. The van der Waals surface area contributed by atoms with Gasteiger partial charge in [0.1, 0.15) is 6.04 Å². The fraction of sp³-hybridized carbons (Fsp3) is 0.381. The van der Waals surface area contributed by atoms with Gasteiger partial charge in [0.05, 0.1) is 0 Å². The first-order chi connectivity index (χ1) is 12.7. The fourth-order valence-corrected chi connectivity index (χ4v) is 2.97. The van der Waals surface area contributed by atoms with Crippen LogP contribution in [0.1, 0.15) is 46.6 Å². The molecule has 0 aliphatic carbocycles. The number of H-pyrrole nitrogens is 1. The van der Waals surface area contributed by atoms with Crippen LogP contribution in [0.25, 0.3) is 0 Å². The number of hydrogen-bond donors (Lipinski definition) is 3. The van der Waals surface area contributed by atoms with Crippen LogP contribution in [0.3, 0.4) is 0 Å². The molecule has 1 aromatic heterocycles. The van der Waals surface area contributed by atoms with E-state index in [9.17, 15) is 14.4 Å². The Morgan fingerprint density at radius 1 is 1.07 bits per heavy atom. The van der Waals surface area contributed by atoms with Crippen LogP contribution in [0.5, 0.6) is 0 Å². The van der Waals surface area contributed by atoms with Gasteiger partial charge < -0.3 is 15.6 Å². The van der Waals surface area contributed by atoms with Crippen molar-refractivity contribution in [2.75, 3.05) is 0 Å². The second-order valence-corrected chi connectivity index (χ2v) is 7.17. The predicted molar refractivity (Wildman–Crippen MR) is 106 cm³/mol. The molecule has 0 saturated heterocycles. The van der Waals surface area contributed by atoms with Crippen LogP contribution in [0.4, 0.5) is 0 Å². The number of aromatic amines is 1. The SMILES string of the molecule is Cc1cc(C)c(CNC(=O)[C@@H](NC(=O)c2ccccc2C)C(C)C)c(=O)[nH]1. The van der Waals surface area contributed by atoms with E-state index in [0.29, 0.717) is 11.1 Å². The maximum absolute atomic E-state index is 12.7. The van der Waals surface area contributed by atoms with Gasteiger partial charge in [0.25, 0.3) is 11.5 Å². The third kappa shape index (κ3) is 5.06. The van der Waals surface area contributed by atoms with Crippen molar-refractivity contribution in [1.82, 2.24) is 15.6 Å². The van der Waals surface area contributed by atoms with Crippen LogP contribution >= 0.6 is 0 Å². The summed E-state index contributed by atoms with van der Waals surface area (Å²) in [5.74, 6) is -0.701. The Hall–Kier alpha value is -2.89. The van der Waals surface area contributed by atoms with E-state index in [2.05, 4.69) is 15.6 Å². The lowest BCUT2D eigenvalue weighted by molar-refractivity contribution is -0.124. The maximum Gasteiger partial charge on any atom is 0.253 e. The summed E-state index contributed by atoms with van der Waals surface area (Å²) in [5.41, 5.74) is 3.29. The number of nitrogens with one attached hydrogen (secondary N) is 3. The summed E-state index contributed by atoms with van der Waals surface area (Å²) >= 11 is 0. The van der Waals surface area contributed by atoms with Crippen molar-refractivity contribution in [1.29, 1.82) is 0 Å². The van der Waals surface area contributed by atoms with Crippen molar-refractivity contribution in [3.63, 3.8) is 0 Å². The van der Waals surface area contributed by atoms with E-state index < -0.39 is 6.04 Å². The third-order valence-corrected chi connectivity index (χ3v) is 4.56. The minimum atomic E-state index is -0.693. The molecule has 2 aromatic rings. The highest BCUT2D eigenvalue weighted by Crippen LogP contribution is 2.10. The minimum Gasteiger partial charge on any atom is -0.350 e. The fourth-order valence-electron chi connectivity index (χ4n) is 2.97. The van der Waals surface area contributed by atoms with Crippen LogP contribution in [0, 0.1) is 26.7 Å². The van der Waals surface area contributed by atoms with Gasteiger partial charge in [0, 0.05) is 23.4 Å². The van der Waals surface area contributed by atoms with Gasteiger partial charge in [0.2, 0.25) is 5.91 Å². The topological polar surface area (TPSA) is 91.1 Å². The number of pyridine rings is 1. The number of carbonyl (C=O) groups is 2. The molecule has 1 heterocycles. The van der Waals surface area contributed by atoms with Gasteiger partial charge in [-0.3, -0.25) is 14.4 Å². The summed E-state index contributed by atoms with van der Waals surface area (Å²) in [4.78, 5) is 40.1. The summed E-state index contributed by atoms with van der Waals surface area (Å²) in [6.45, 7) is 9.35. The average Bonchev–Trinajstić information content (AvgIpc) is 2.58. The van der Waals surface area contributed by atoms with Gasteiger partial charge in [-0.25, -0.2) is 0 Å². The van der Waals surface area contributed by atoms with Gasteiger partial charge >= 0.3 is 0 Å². The number of hydrogen-bond acceptors (Lipinski definition) is 3. The molecule has 6 nitrogen and oxygen atoms in total. The van der Waals surface area contributed by atoms with E-state index in [1.165, 1.54) is 0 Å². The third-order valence-electron chi connectivity index (χ3n) is 4.56. The lowest BCUT2D eigenvalue weighted by atomic mass is 10.0. The Labute approximate surface area is 159 Å². The Kier molecular flexibility index (Phi) is 6.55. The molecule has 144 valence electrons. The molecule has 0 unspecified atom stereocenters. The second-order valence-electron chi connectivity index (χ2n) is 7.17. The lowest BCUT2D eigenvalue weighted by Crippen LogP contribution is -2.49. The van der Waals surface area contributed by atoms with Gasteiger partial charge in [-0.2, -0.15) is 0 Å². The van der Waals surface area contributed by atoms with E-state index in [1.807, 2.05) is 52.8 Å². The first kappa shape index (κ1) is 20.4. The molecule has 1 atom stereocenters. The van der Waals surface area contributed by atoms with Gasteiger partial charge in [-0.15, -0.1) is 0 Å². The van der Waals surface area contributed by atoms with Crippen molar-refractivity contribution >= 4 is 11.8 Å². The molecule has 1 aromatic carbocycles.